The Morgan fingerprint density at radius 2 is 1.86 bits per heavy atom. The number of halogens is 2. The molecule has 0 unspecified atom stereocenters. The summed E-state index contributed by atoms with van der Waals surface area (Å²) in [5.74, 6) is -0.499. The van der Waals surface area contributed by atoms with Crippen molar-refractivity contribution in [2.75, 3.05) is 48.0 Å². The van der Waals surface area contributed by atoms with Gasteiger partial charge in [0.15, 0.2) is 17.4 Å². The molecule has 2 aliphatic rings. The molecule has 37 heavy (non-hydrogen) atoms. The van der Waals surface area contributed by atoms with Crippen LogP contribution in [0.1, 0.15) is 26.7 Å². The highest BCUT2D eigenvalue weighted by Crippen LogP contribution is 2.39. The Balaban J connectivity index is 1.35. The lowest BCUT2D eigenvalue weighted by atomic mass is 9.92. The van der Waals surface area contributed by atoms with Crippen LogP contribution in [0.25, 0.3) is 11.3 Å². The maximum atomic E-state index is 14.9. The van der Waals surface area contributed by atoms with Crippen LogP contribution in [0, 0.1) is 11.6 Å². The maximum absolute atomic E-state index is 14.9. The lowest BCUT2D eigenvalue weighted by molar-refractivity contribution is -0.0325. The van der Waals surface area contributed by atoms with Gasteiger partial charge in [-0.1, -0.05) is 0 Å². The van der Waals surface area contributed by atoms with Crippen molar-refractivity contribution in [1.29, 1.82) is 0 Å². The van der Waals surface area contributed by atoms with Gasteiger partial charge < -0.3 is 30.1 Å². The number of nitrogens with one attached hydrogen (secondary N) is 1. The molecule has 1 saturated heterocycles. The monoisotopic (exact) mass is 512 g/mol. The largest absolute Gasteiger partial charge is 0.486 e. The van der Waals surface area contributed by atoms with Crippen molar-refractivity contribution < 1.29 is 23.7 Å². The topological polar surface area (TPSA) is 107 Å². The third-order valence-electron chi connectivity index (χ3n) is 6.89. The number of aliphatic hydroxyl groups excluding tert-OH is 1. The molecule has 196 valence electrons. The number of ether oxygens (including phenoxy) is 1. The fraction of sp³-hybridized carbons (Fsp3) is 0.423. The third kappa shape index (κ3) is 5.14. The van der Waals surface area contributed by atoms with Crippen molar-refractivity contribution in [2.45, 2.75) is 38.3 Å². The molecule has 2 aromatic heterocycles. The quantitative estimate of drug-likeness (QED) is 0.458. The average molecular weight is 513 g/mol. The molecule has 9 nitrogen and oxygen atoms in total. The van der Waals surface area contributed by atoms with Crippen LogP contribution in [0.3, 0.4) is 0 Å². The van der Waals surface area contributed by atoms with Crippen LogP contribution < -0.4 is 19.9 Å². The lowest BCUT2D eigenvalue weighted by Crippen LogP contribution is -2.46. The van der Waals surface area contributed by atoms with E-state index in [-0.39, 0.29) is 35.6 Å². The zero-order chi connectivity index (χ0) is 26.2. The van der Waals surface area contributed by atoms with Gasteiger partial charge in [-0.05, 0) is 51.0 Å². The van der Waals surface area contributed by atoms with Gasteiger partial charge in [-0.15, -0.1) is 0 Å². The summed E-state index contributed by atoms with van der Waals surface area (Å²) < 4.78 is 35.2. The average Bonchev–Trinajstić information content (AvgIpc) is 2.90. The number of hydrogen-bond acceptors (Lipinski definition) is 9. The molecule has 5 rings (SSSR count). The van der Waals surface area contributed by atoms with E-state index in [9.17, 15) is 19.0 Å². The number of benzene rings is 1. The smallest absolute Gasteiger partial charge is 0.229 e. The molecular formula is C26H30F2N6O3. The Morgan fingerprint density at radius 1 is 1.08 bits per heavy atom. The van der Waals surface area contributed by atoms with E-state index >= 15 is 0 Å². The van der Waals surface area contributed by atoms with Crippen molar-refractivity contribution in [3.8, 4) is 17.0 Å². The van der Waals surface area contributed by atoms with Crippen LogP contribution >= 0.6 is 0 Å². The molecular weight excluding hydrogens is 482 g/mol. The number of nitrogens with zero attached hydrogens (tertiary/aromatic N) is 5. The molecule has 4 heterocycles. The molecule has 0 spiro atoms. The maximum Gasteiger partial charge on any atom is 0.229 e. The van der Waals surface area contributed by atoms with Gasteiger partial charge in [0.25, 0.3) is 0 Å². The number of rotatable bonds is 6. The number of anilines is 4. The van der Waals surface area contributed by atoms with E-state index in [2.05, 4.69) is 25.2 Å². The fourth-order valence-corrected chi connectivity index (χ4v) is 4.71. The van der Waals surface area contributed by atoms with E-state index in [1.807, 2.05) is 24.8 Å². The van der Waals surface area contributed by atoms with Crippen LogP contribution in [0.15, 0.2) is 36.7 Å². The Bertz CT molecular complexity index is 1270. The first-order valence-electron chi connectivity index (χ1n) is 12.3. The fourth-order valence-electron chi connectivity index (χ4n) is 4.71. The molecule has 0 bridgehead atoms. The molecule has 1 aromatic carbocycles. The van der Waals surface area contributed by atoms with E-state index < -0.39 is 17.2 Å². The Kier molecular flexibility index (Phi) is 6.82. The standard InChI is InChI=1S/C26H30F2N6O3/c1-16(2)34-9-10-37-24-19(27)11-17(12-21(24)34)23-20(28)14-30-25(32-23)31-22-4-3-18(13-29-22)33-7-5-26(36,15-35)6-8-33/h3-4,11-14,16,35-36H,5-10,15H2,1-2H3,(H,29,30,31,32). The van der Waals surface area contributed by atoms with Crippen molar-refractivity contribution in [2.24, 2.45) is 0 Å². The summed E-state index contributed by atoms with van der Waals surface area (Å²) in [6.45, 7) is 5.96. The van der Waals surface area contributed by atoms with Gasteiger partial charge in [0.1, 0.15) is 18.1 Å². The molecule has 3 N–H and O–H groups in total. The van der Waals surface area contributed by atoms with Crippen LogP contribution in [0.2, 0.25) is 0 Å². The molecule has 0 amide bonds. The summed E-state index contributed by atoms with van der Waals surface area (Å²) in [5, 5.41) is 22.5. The third-order valence-corrected chi connectivity index (χ3v) is 6.89. The Labute approximate surface area is 213 Å². The summed E-state index contributed by atoms with van der Waals surface area (Å²) in [6.07, 6.45) is 3.68. The zero-order valence-corrected chi connectivity index (χ0v) is 20.8. The van der Waals surface area contributed by atoms with Gasteiger partial charge in [-0.25, -0.2) is 23.7 Å². The van der Waals surface area contributed by atoms with Crippen molar-refractivity contribution in [1.82, 2.24) is 15.0 Å². The number of fused-ring (bicyclic) bond motifs is 1. The summed E-state index contributed by atoms with van der Waals surface area (Å²) in [7, 11) is 0. The first-order valence-corrected chi connectivity index (χ1v) is 12.3. The minimum absolute atomic E-state index is 0.0326. The summed E-state index contributed by atoms with van der Waals surface area (Å²) in [4.78, 5) is 16.8. The number of piperidine rings is 1. The van der Waals surface area contributed by atoms with E-state index in [1.54, 1.807) is 18.3 Å². The van der Waals surface area contributed by atoms with Crippen molar-refractivity contribution in [3.63, 3.8) is 0 Å². The van der Waals surface area contributed by atoms with Crippen molar-refractivity contribution >= 4 is 23.1 Å². The predicted molar refractivity (Wildman–Crippen MR) is 136 cm³/mol. The molecule has 0 radical (unpaired) electrons. The van der Waals surface area contributed by atoms with Crippen molar-refractivity contribution in [3.05, 3.63) is 48.3 Å². The Hall–Kier alpha value is -3.57. The van der Waals surface area contributed by atoms with Crippen LogP contribution in [-0.2, 0) is 0 Å². The van der Waals surface area contributed by atoms with E-state index in [4.69, 9.17) is 4.74 Å². The van der Waals surface area contributed by atoms with Crippen LogP contribution in [0.5, 0.6) is 5.75 Å². The lowest BCUT2D eigenvalue weighted by Gasteiger charge is -2.38. The number of pyridine rings is 1. The normalized spacial score (nSPS) is 16.9. The molecule has 0 aliphatic carbocycles. The van der Waals surface area contributed by atoms with E-state index in [0.717, 1.165) is 11.9 Å². The summed E-state index contributed by atoms with van der Waals surface area (Å²) in [6, 6.07) is 6.66. The molecule has 2 aliphatic heterocycles. The number of hydrogen-bond donors (Lipinski definition) is 3. The van der Waals surface area contributed by atoms with Crippen LogP contribution in [-0.4, -0.2) is 69.7 Å². The molecule has 0 atom stereocenters. The summed E-state index contributed by atoms with van der Waals surface area (Å²) >= 11 is 0. The second-order valence-electron chi connectivity index (χ2n) is 9.73. The van der Waals surface area contributed by atoms with Gasteiger partial charge in [0.05, 0.1) is 42.5 Å². The second-order valence-corrected chi connectivity index (χ2v) is 9.73. The first kappa shape index (κ1) is 25.1. The highest BCUT2D eigenvalue weighted by Gasteiger charge is 2.31. The number of aliphatic hydroxyl groups is 2. The Morgan fingerprint density at radius 3 is 2.54 bits per heavy atom. The van der Waals surface area contributed by atoms with Gasteiger partial charge in [-0.2, -0.15) is 0 Å². The number of aromatic nitrogens is 3. The van der Waals surface area contributed by atoms with Gasteiger partial charge >= 0.3 is 0 Å². The molecule has 0 saturated carbocycles. The first-order chi connectivity index (χ1) is 17.8. The highest BCUT2D eigenvalue weighted by molar-refractivity contribution is 5.73. The van der Waals surface area contributed by atoms with Crippen LogP contribution in [0.4, 0.5) is 31.9 Å². The summed E-state index contributed by atoms with van der Waals surface area (Å²) in [5.41, 5.74) is 0.676. The minimum Gasteiger partial charge on any atom is -0.486 e. The SMILES string of the molecule is CC(C)N1CCOc2c(F)cc(-c3nc(Nc4ccc(N5CCC(O)(CO)CC5)cn4)ncc3F)cc21. The van der Waals surface area contributed by atoms with Gasteiger partial charge in [0, 0.05) is 24.7 Å². The predicted octanol–water partition coefficient (Wildman–Crippen LogP) is 3.49. The highest BCUT2D eigenvalue weighted by atomic mass is 19.1. The van der Waals surface area contributed by atoms with Gasteiger partial charge in [-0.3, -0.25) is 0 Å². The molecule has 3 aromatic rings. The van der Waals surface area contributed by atoms with E-state index in [0.29, 0.717) is 50.6 Å². The minimum atomic E-state index is -1.02. The zero-order valence-electron chi connectivity index (χ0n) is 20.8. The molecule has 1 fully saturated rings. The molecule has 11 heteroatoms. The second kappa shape index (κ2) is 10.1. The van der Waals surface area contributed by atoms with Gasteiger partial charge in [0.2, 0.25) is 5.95 Å². The van der Waals surface area contributed by atoms with E-state index in [1.165, 1.54) is 6.07 Å².